The van der Waals surface area contributed by atoms with E-state index in [1.54, 1.807) is 0 Å². The molecule has 0 fully saturated rings. The molecule has 0 aliphatic carbocycles. The fraction of sp³-hybridized carbons (Fsp3) is 0.950. The van der Waals surface area contributed by atoms with E-state index in [9.17, 15) is 43.2 Å². The van der Waals surface area contributed by atoms with Gasteiger partial charge in [-0.3, -0.25) is 37.3 Å². The Bertz CT molecular complexity index is 1880. The summed E-state index contributed by atoms with van der Waals surface area (Å²) in [5, 5.41) is 10.6. The zero-order chi connectivity index (χ0) is 72.5. The van der Waals surface area contributed by atoms with E-state index < -0.39 is 97.5 Å². The minimum atomic E-state index is -4.96. The standard InChI is InChI=1S/C80H156O17P2/c1-5-9-13-17-21-24-27-30-32-34-35-36-37-38-40-42-45-48-51-55-59-63-67-80(85)97-76(71-91-78(83)65-61-57-53-49-46-44-41-39-33-31-28-25-22-18-14-10-6-2)73-95-99(88,89)93-69-74(81)68-92-98(86,87)94-72-75(70-90-77(82)64-60-56-52-20-16-12-8-4)96-79(84)66-62-58-54-50-47-43-29-26-23-19-15-11-7-3/h74-76,81H,5-73H2,1-4H3,(H,86,87)(H,88,89)/t74-,75+,76+/m0/s1. The molecule has 0 aromatic carbocycles. The highest BCUT2D eigenvalue weighted by Crippen LogP contribution is 2.45. The van der Waals surface area contributed by atoms with Crippen LogP contribution in [0.2, 0.25) is 0 Å². The lowest BCUT2D eigenvalue weighted by Crippen LogP contribution is -2.30. The summed E-state index contributed by atoms with van der Waals surface area (Å²) in [7, 11) is -9.91. The molecule has 5 atom stereocenters. The maximum atomic E-state index is 13.1. The molecule has 0 aromatic heterocycles. The maximum absolute atomic E-state index is 13.1. The number of carbonyl (C=O) groups excluding carboxylic acids is 4. The van der Waals surface area contributed by atoms with Gasteiger partial charge in [-0.1, -0.05) is 381 Å². The molecule has 0 aliphatic heterocycles. The minimum Gasteiger partial charge on any atom is -0.462 e. The first-order chi connectivity index (χ1) is 48.2. The molecule has 0 aliphatic rings. The summed E-state index contributed by atoms with van der Waals surface area (Å²) in [5.41, 5.74) is 0. The number of unbranched alkanes of at least 4 members (excludes halogenated alkanes) is 55. The van der Waals surface area contributed by atoms with Crippen molar-refractivity contribution in [1.82, 2.24) is 0 Å². The fourth-order valence-electron chi connectivity index (χ4n) is 12.5. The van der Waals surface area contributed by atoms with Gasteiger partial charge in [0.15, 0.2) is 12.2 Å². The Labute approximate surface area is 607 Å². The van der Waals surface area contributed by atoms with Crippen molar-refractivity contribution in [2.24, 2.45) is 0 Å². The number of hydrogen-bond acceptors (Lipinski definition) is 15. The van der Waals surface area contributed by atoms with Crippen LogP contribution >= 0.6 is 15.6 Å². The Morgan fingerprint density at radius 3 is 0.596 bits per heavy atom. The second-order valence-electron chi connectivity index (χ2n) is 28.8. The van der Waals surface area contributed by atoms with E-state index in [0.717, 1.165) is 103 Å². The summed E-state index contributed by atoms with van der Waals surface area (Å²) in [5.74, 6) is -2.11. The van der Waals surface area contributed by atoms with Crippen molar-refractivity contribution < 1.29 is 80.2 Å². The summed E-state index contributed by atoms with van der Waals surface area (Å²) in [6.45, 7) is 4.97. The van der Waals surface area contributed by atoms with Crippen molar-refractivity contribution in [3.63, 3.8) is 0 Å². The number of rotatable bonds is 81. The Morgan fingerprint density at radius 2 is 0.404 bits per heavy atom. The molecule has 588 valence electrons. The molecule has 0 rings (SSSR count). The molecule has 0 heterocycles. The Kier molecular flexibility index (Phi) is 72.9. The zero-order valence-electron chi connectivity index (χ0n) is 64.5. The summed E-state index contributed by atoms with van der Waals surface area (Å²) in [6.07, 6.45) is 66.9. The van der Waals surface area contributed by atoms with Crippen molar-refractivity contribution >= 4 is 39.5 Å². The third-order valence-electron chi connectivity index (χ3n) is 18.9. The molecule has 17 nitrogen and oxygen atoms in total. The average molecular weight is 1450 g/mol. The van der Waals surface area contributed by atoms with Gasteiger partial charge in [0.1, 0.15) is 19.3 Å². The van der Waals surface area contributed by atoms with Crippen LogP contribution < -0.4 is 0 Å². The quantitative estimate of drug-likeness (QED) is 0.0222. The first-order valence-corrected chi connectivity index (χ1v) is 44.8. The number of ether oxygens (including phenoxy) is 4. The van der Waals surface area contributed by atoms with Crippen LogP contribution in [0.15, 0.2) is 0 Å². The van der Waals surface area contributed by atoms with Crippen LogP contribution in [0.25, 0.3) is 0 Å². The van der Waals surface area contributed by atoms with Crippen molar-refractivity contribution in [2.75, 3.05) is 39.6 Å². The van der Waals surface area contributed by atoms with Gasteiger partial charge in [-0.15, -0.1) is 0 Å². The third-order valence-corrected chi connectivity index (χ3v) is 20.8. The molecule has 0 amide bonds. The molecule has 99 heavy (non-hydrogen) atoms. The monoisotopic (exact) mass is 1450 g/mol. The fourth-order valence-corrected chi connectivity index (χ4v) is 14.0. The molecule has 0 saturated carbocycles. The van der Waals surface area contributed by atoms with Crippen LogP contribution in [0.4, 0.5) is 0 Å². The van der Waals surface area contributed by atoms with E-state index >= 15 is 0 Å². The van der Waals surface area contributed by atoms with Crippen molar-refractivity contribution in [2.45, 2.75) is 451 Å². The lowest BCUT2D eigenvalue weighted by atomic mass is 10.0. The van der Waals surface area contributed by atoms with Gasteiger partial charge >= 0.3 is 39.5 Å². The van der Waals surface area contributed by atoms with Crippen LogP contribution in [0.5, 0.6) is 0 Å². The highest BCUT2D eigenvalue weighted by Gasteiger charge is 2.30. The highest BCUT2D eigenvalue weighted by molar-refractivity contribution is 7.47. The van der Waals surface area contributed by atoms with Crippen LogP contribution in [-0.2, 0) is 65.4 Å². The number of aliphatic hydroxyl groups is 1. The lowest BCUT2D eigenvalue weighted by Gasteiger charge is -2.21. The summed E-state index contributed by atoms with van der Waals surface area (Å²) < 4.78 is 68.5. The van der Waals surface area contributed by atoms with E-state index in [1.165, 1.54) is 250 Å². The van der Waals surface area contributed by atoms with Crippen LogP contribution in [-0.4, -0.2) is 96.7 Å². The Morgan fingerprint density at radius 1 is 0.242 bits per heavy atom. The number of carbonyl (C=O) groups is 4. The molecule has 0 spiro atoms. The van der Waals surface area contributed by atoms with Crippen LogP contribution in [0.1, 0.15) is 432 Å². The van der Waals surface area contributed by atoms with Crippen LogP contribution in [0.3, 0.4) is 0 Å². The zero-order valence-corrected chi connectivity index (χ0v) is 66.3. The lowest BCUT2D eigenvalue weighted by molar-refractivity contribution is -0.161. The summed E-state index contributed by atoms with van der Waals surface area (Å²) in [4.78, 5) is 72.8. The van der Waals surface area contributed by atoms with Gasteiger partial charge in [0.05, 0.1) is 26.4 Å². The predicted molar refractivity (Wildman–Crippen MR) is 405 cm³/mol. The second kappa shape index (κ2) is 74.3. The van der Waals surface area contributed by atoms with E-state index in [-0.39, 0.29) is 25.7 Å². The number of hydrogen-bond donors (Lipinski definition) is 3. The molecular weight excluding hydrogens is 1290 g/mol. The maximum Gasteiger partial charge on any atom is 0.472 e. The van der Waals surface area contributed by atoms with Gasteiger partial charge in [-0.2, -0.15) is 0 Å². The van der Waals surface area contributed by atoms with E-state index in [0.29, 0.717) is 25.7 Å². The third kappa shape index (κ3) is 74.1. The van der Waals surface area contributed by atoms with Gasteiger partial charge in [0.25, 0.3) is 0 Å². The molecule has 0 bridgehead atoms. The SMILES string of the molecule is CCCCCCCCCCCCCCCCCCCCCCCCC(=O)O[C@H](COC(=O)CCCCCCCCCCCCCCCCCCC)COP(=O)(O)OC[C@@H](O)COP(=O)(O)OC[C@@H](COC(=O)CCCCCCCCC)OC(=O)CCCCCCCCCCCCCCC. The van der Waals surface area contributed by atoms with Gasteiger partial charge in [0.2, 0.25) is 0 Å². The molecule has 3 N–H and O–H groups in total. The molecule has 0 saturated heterocycles. The van der Waals surface area contributed by atoms with E-state index in [2.05, 4.69) is 27.7 Å². The molecule has 19 heteroatoms. The number of phosphoric acid groups is 2. The van der Waals surface area contributed by atoms with E-state index in [1.807, 2.05) is 0 Å². The molecule has 0 radical (unpaired) electrons. The Hall–Kier alpha value is -1.94. The smallest absolute Gasteiger partial charge is 0.462 e. The number of aliphatic hydroxyl groups excluding tert-OH is 1. The number of phosphoric ester groups is 2. The second-order valence-corrected chi connectivity index (χ2v) is 31.7. The summed E-state index contributed by atoms with van der Waals surface area (Å²) >= 11 is 0. The van der Waals surface area contributed by atoms with E-state index in [4.69, 9.17) is 37.0 Å². The van der Waals surface area contributed by atoms with Gasteiger partial charge in [-0.05, 0) is 25.7 Å². The summed E-state index contributed by atoms with van der Waals surface area (Å²) in [6, 6.07) is 0. The average Bonchev–Trinajstić information content (AvgIpc) is 1.23. The van der Waals surface area contributed by atoms with Crippen molar-refractivity contribution in [3.05, 3.63) is 0 Å². The highest BCUT2D eigenvalue weighted by atomic mass is 31.2. The van der Waals surface area contributed by atoms with Gasteiger partial charge in [0, 0.05) is 25.7 Å². The van der Waals surface area contributed by atoms with Crippen molar-refractivity contribution in [1.29, 1.82) is 0 Å². The Balaban J connectivity index is 5.15. The van der Waals surface area contributed by atoms with Gasteiger partial charge < -0.3 is 33.8 Å². The molecule has 2 unspecified atom stereocenters. The normalized spacial score (nSPS) is 13.8. The minimum absolute atomic E-state index is 0.108. The van der Waals surface area contributed by atoms with Crippen molar-refractivity contribution in [3.8, 4) is 0 Å². The predicted octanol–water partition coefficient (Wildman–Crippen LogP) is 24.2. The van der Waals surface area contributed by atoms with Crippen LogP contribution in [0, 0.1) is 0 Å². The largest absolute Gasteiger partial charge is 0.472 e. The number of esters is 4. The molecular formula is C80H156O17P2. The topological polar surface area (TPSA) is 237 Å². The first kappa shape index (κ1) is 97.1. The van der Waals surface area contributed by atoms with Gasteiger partial charge in [-0.25, -0.2) is 9.13 Å². The first-order valence-electron chi connectivity index (χ1n) is 41.8. The molecule has 0 aromatic rings.